The van der Waals surface area contributed by atoms with Crippen molar-refractivity contribution in [1.82, 2.24) is 4.90 Å². The smallest absolute Gasteiger partial charge is 0.303 e. The molecule has 5 nitrogen and oxygen atoms in total. The molecule has 0 spiro atoms. The molecule has 0 saturated carbocycles. The zero-order valence-electron chi connectivity index (χ0n) is 10.6. The van der Waals surface area contributed by atoms with Gasteiger partial charge in [0.25, 0.3) is 11.1 Å². The summed E-state index contributed by atoms with van der Waals surface area (Å²) in [5.41, 5.74) is 0.850. The van der Waals surface area contributed by atoms with Gasteiger partial charge in [-0.05, 0) is 29.8 Å². The Kier molecular flexibility index (Phi) is 4.57. The second kappa shape index (κ2) is 6.38. The molecule has 20 heavy (non-hydrogen) atoms. The lowest BCUT2D eigenvalue weighted by molar-refractivity contribution is -0.137. The molecule has 0 aliphatic carbocycles. The fraction of sp³-hybridized carbons (Fsp3) is 0.214. The van der Waals surface area contributed by atoms with Crippen molar-refractivity contribution in [1.29, 1.82) is 0 Å². The minimum Gasteiger partial charge on any atom is -0.481 e. The van der Waals surface area contributed by atoms with Gasteiger partial charge in [-0.25, -0.2) is 0 Å². The highest BCUT2D eigenvalue weighted by molar-refractivity contribution is 8.18. The van der Waals surface area contributed by atoms with Gasteiger partial charge in [0.15, 0.2) is 0 Å². The second-order valence-corrected chi connectivity index (χ2v) is 5.23. The van der Waals surface area contributed by atoms with Crippen LogP contribution in [0.15, 0.2) is 35.2 Å². The monoisotopic (exact) mass is 291 g/mol. The van der Waals surface area contributed by atoms with Gasteiger partial charge in [0.1, 0.15) is 0 Å². The van der Waals surface area contributed by atoms with Crippen molar-refractivity contribution >= 4 is 35.0 Å². The molecule has 1 aliphatic rings. The van der Waals surface area contributed by atoms with Gasteiger partial charge in [-0.1, -0.05) is 30.3 Å². The molecular formula is C14H13NO4S. The predicted molar refractivity (Wildman–Crippen MR) is 76.0 cm³/mol. The molecule has 1 saturated heterocycles. The van der Waals surface area contributed by atoms with E-state index in [0.717, 1.165) is 22.2 Å². The summed E-state index contributed by atoms with van der Waals surface area (Å²) in [5.74, 6) is -1.29. The van der Waals surface area contributed by atoms with E-state index in [1.807, 2.05) is 30.3 Å². The maximum Gasteiger partial charge on any atom is 0.303 e. The number of benzene rings is 1. The Morgan fingerprint density at radius 1 is 1.25 bits per heavy atom. The molecule has 2 amide bonds. The first-order chi connectivity index (χ1) is 9.58. The summed E-state index contributed by atoms with van der Waals surface area (Å²) in [6.45, 7) is 0.142. The van der Waals surface area contributed by atoms with Crippen LogP contribution in [0.2, 0.25) is 0 Å². The van der Waals surface area contributed by atoms with E-state index < -0.39 is 5.97 Å². The maximum atomic E-state index is 12.1. The van der Waals surface area contributed by atoms with Crippen LogP contribution in [-0.2, 0) is 9.59 Å². The van der Waals surface area contributed by atoms with Gasteiger partial charge in [-0.15, -0.1) is 0 Å². The molecule has 1 heterocycles. The van der Waals surface area contributed by atoms with E-state index in [0.29, 0.717) is 4.91 Å². The van der Waals surface area contributed by atoms with Crippen molar-refractivity contribution in [2.45, 2.75) is 12.8 Å². The van der Waals surface area contributed by atoms with Gasteiger partial charge >= 0.3 is 5.97 Å². The van der Waals surface area contributed by atoms with Crippen molar-refractivity contribution in [3.8, 4) is 0 Å². The van der Waals surface area contributed by atoms with Gasteiger partial charge in [-0.3, -0.25) is 19.3 Å². The van der Waals surface area contributed by atoms with Crippen LogP contribution in [0.1, 0.15) is 18.4 Å². The van der Waals surface area contributed by atoms with Crippen molar-refractivity contribution < 1.29 is 19.5 Å². The molecule has 0 unspecified atom stereocenters. The second-order valence-electron chi connectivity index (χ2n) is 4.24. The molecule has 0 aromatic heterocycles. The first-order valence-electron chi connectivity index (χ1n) is 6.10. The third-order valence-electron chi connectivity index (χ3n) is 2.74. The number of hydrogen-bond acceptors (Lipinski definition) is 4. The van der Waals surface area contributed by atoms with Gasteiger partial charge in [0.05, 0.1) is 4.91 Å². The molecule has 1 aromatic carbocycles. The zero-order chi connectivity index (χ0) is 14.5. The standard InChI is InChI=1S/C14H13NO4S/c16-12(17)7-4-8-15-13(18)11(20-14(15)19)9-10-5-2-1-3-6-10/h1-3,5-6,9H,4,7-8H2,(H,16,17). The van der Waals surface area contributed by atoms with E-state index in [9.17, 15) is 14.4 Å². The van der Waals surface area contributed by atoms with Crippen LogP contribution in [-0.4, -0.2) is 33.7 Å². The summed E-state index contributed by atoms with van der Waals surface area (Å²) < 4.78 is 0. The van der Waals surface area contributed by atoms with E-state index in [1.165, 1.54) is 0 Å². The normalized spacial score (nSPS) is 17.0. The minimum atomic E-state index is -0.934. The van der Waals surface area contributed by atoms with E-state index in [4.69, 9.17) is 5.11 Å². The van der Waals surface area contributed by atoms with Crippen molar-refractivity contribution in [3.05, 3.63) is 40.8 Å². The van der Waals surface area contributed by atoms with Crippen molar-refractivity contribution in [2.75, 3.05) is 6.54 Å². The Hall–Kier alpha value is -2.08. The summed E-state index contributed by atoms with van der Waals surface area (Å²) in [6, 6.07) is 9.26. The van der Waals surface area contributed by atoms with E-state index in [-0.39, 0.29) is 30.5 Å². The van der Waals surface area contributed by atoms with Crippen LogP contribution in [0.3, 0.4) is 0 Å². The number of carbonyl (C=O) groups is 3. The van der Waals surface area contributed by atoms with Crippen molar-refractivity contribution in [3.63, 3.8) is 0 Å². The summed E-state index contributed by atoms with van der Waals surface area (Å²) >= 11 is 0.887. The molecule has 1 aromatic rings. The Balaban J connectivity index is 2.05. The Labute approximate surface area is 120 Å². The van der Waals surface area contributed by atoms with E-state index in [1.54, 1.807) is 6.08 Å². The van der Waals surface area contributed by atoms with Gasteiger partial charge in [0.2, 0.25) is 0 Å². The van der Waals surface area contributed by atoms with Gasteiger partial charge in [0, 0.05) is 13.0 Å². The lowest BCUT2D eigenvalue weighted by Gasteiger charge is -2.10. The topological polar surface area (TPSA) is 74.7 Å². The third-order valence-corrected chi connectivity index (χ3v) is 3.65. The average molecular weight is 291 g/mol. The Morgan fingerprint density at radius 2 is 1.95 bits per heavy atom. The van der Waals surface area contributed by atoms with Crippen LogP contribution in [0.5, 0.6) is 0 Å². The lowest BCUT2D eigenvalue weighted by atomic mass is 10.2. The Morgan fingerprint density at radius 3 is 2.60 bits per heavy atom. The van der Waals surface area contributed by atoms with Crippen LogP contribution >= 0.6 is 11.8 Å². The number of nitrogens with zero attached hydrogens (tertiary/aromatic N) is 1. The van der Waals surface area contributed by atoms with Gasteiger partial charge in [-0.2, -0.15) is 0 Å². The molecule has 2 rings (SSSR count). The number of carboxylic acid groups (broad SMARTS) is 1. The summed E-state index contributed by atoms with van der Waals surface area (Å²) in [5, 5.41) is 8.22. The largest absolute Gasteiger partial charge is 0.481 e. The molecule has 1 aliphatic heterocycles. The van der Waals surface area contributed by atoms with E-state index in [2.05, 4.69) is 0 Å². The number of aliphatic carboxylic acids is 1. The van der Waals surface area contributed by atoms with Crippen LogP contribution in [0.4, 0.5) is 4.79 Å². The minimum absolute atomic E-state index is 0.0561. The number of imide groups is 1. The summed E-state index contributed by atoms with van der Waals surface area (Å²) in [7, 11) is 0. The number of carbonyl (C=O) groups excluding carboxylic acids is 2. The third kappa shape index (κ3) is 3.48. The molecule has 1 N–H and O–H groups in total. The molecule has 0 radical (unpaired) electrons. The highest BCUT2D eigenvalue weighted by Gasteiger charge is 2.34. The van der Waals surface area contributed by atoms with Crippen molar-refractivity contribution in [2.24, 2.45) is 0 Å². The molecular weight excluding hydrogens is 278 g/mol. The molecule has 6 heteroatoms. The highest BCUT2D eigenvalue weighted by Crippen LogP contribution is 2.32. The first-order valence-corrected chi connectivity index (χ1v) is 6.92. The molecule has 0 atom stereocenters. The number of amides is 2. The fourth-order valence-corrected chi connectivity index (χ4v) is 2.65. The number of hydrogen-bond donors (Lipinski definition) is 1. The molecule has 104 valence electrons. The van der Waals surface area contributed by atoms with E-state index >= 15 is 0 Å². The number of thioether (sulfide) groups is 1. The van der Waals surface area contributed by atoms with Crippen LogP contribution in [0, 0.1) is 0 Å². The lowest BCUT2D eigenvalue weighted by Crippen LogP contribution is -2.29. The van der Waals surface area contributed by atoms with Crippen LogP contribution < -0.4 is 0 Å². The van der Waals surface area contributed by atoms with Gasteiger partial charge < -0.3 is 5.11 Å². The SMILES string of the molecule is O=C(O)CCCN1C(=O)SC(=Cc2ccccc2)C1=O. The number of rotatable bonds is 5. The average Bonchev–Trinajstić information content (AvgIpc) is 2.67. The zero-order valence-corrected chi connectivity index (χ0v) is 11.4. The fourth-order valence-electron chi connectivity index (χ4n) is 1.78. The summed E-state index contributed by atoms with van der Waals surface area (Å²) in [4.78, 5) is 35.7. The Bertz CT molecular complexity index is 568. The first kappa shape index (κ1) is 14.3. The molecule has 1 fully saturated rings. The molecule has 0 bridgehead atoms. The quantitative estimate of drug-likeness (QED) is 0.844. The summed E-state index contributed by atoms with van der Waals surface area (Å²) in [6.07, 6.45) is 1.88. The highest BCUT2D eigenvalue weighted by atomic mass is 32.2. The van der Waals surface area contributed by atoms with Crippen LogP contribution in [0.25, 0.3) is 6.08 Å². The number of carboxylic acids is 1. The predicted octanol–water partition coefficient (Wildman–Crippen LogP) is 2.59. The maximum absolute atomic E-state index is 12.1.